The topological polar surface area (TPSA) is 76.2 Å². The summed E-state index contributed by atoms with van der Waals surface area (Å²) in [6.45, 7) is 2.05. The Labute approximate surface area is 116 Å². The standard InChI is InChI=1S/C14H15ClN2O2/c1-2-8-4-3-5-9-6-10(7-11(16)14(18)19)13(15)17-12(8)9/h3-6,11H,2,7,16H2,1H3,(H,18,19). The van der Waals surface area contributed by atoms with Crippen molar-refractivity contribution < 1.29 is 9.90 Å². The second-order valence-electron chi connectivity index (χ2n) is 4.43. The van der Waals surface area contributed by atoms with Crippen LogP contribution in [0.1, 0.15) is 18.1 Å². The van der Waals surface area contributed by atoms with Crippen molar-refractivity contribution in [1.82, 2.24) is 4.98 Å². The van der Waals surface area contributed by atoms with Crippen molar-refractivity contribution in [1.29, 1.82) is 0 Å². The van der Waals surface area contributed by atoms with E-state index < -0.39 is 12.0 Å². The zero-order valence-corrected chi connectivity index (χ0v) is 11.3. The van der Waals surface area contributed by atoms with Crippen LogP contribution in [0.25, 0.3) is 10.9 Å². The van der Waals surface area contributed by atoms with Crippen molar-refractivity contribution in [2.24, 2.45) is 5.73 Å². The third-order valence-corrected chi connectivity index (χ3v) is 3.42. The molecule has 3 N–H and O–H groups in total. The Kier molecular flexibility index (Phi) is 4.02. The Morgan fingerprint density at radius 3 is 2.84 bits per heavy atom. The van der Waals surface area contributed by atoms with Gasteiger partial charge in [-0.2, -0.15) is 0 Å². The number of fused-ring (bicyclic) bond motifs is 1. The van der Waals surface area contributed by atoms with E-state index in [1.54, 1.807) is 0 Å². The fourth-order valence-corrected chi connectivity index (χ4v) is 2.25. The minimum absolute atomic E-state index is 0.174. The first kappa shape index (κ1) is 13.8. The van der Waals surface area contributed by atoms with E-state index in [-0.39, 0.29) is 6.42 Å². The summed E-state index contributed by atoms with van der Waals surface area (Å²) in [6, 6.07) is 6.80. The quantitative estimate of drug-likeness (QED) is 0.842. The van der Waals surface area contributed by atoms with Crippen LogP contribution in [0.3, 0.4) is 0 Å². The van der Waals surface area contributed by atoms with Crippen LogP contribution in [-0.2, 0) is 17.6 Å². The third kappa shape index (κ3) is 2.85. The molecule has 5 heteroatoms. The minimum atomic E-state index is -1.04. The molecule has 0 fully saturated rings. The van der Waals surface area contributed by atoms with E-state index >= 15 is 0 Å². The molecule has 0 saturated heterocycles. The van der Waals surface area contributed by atoms with E-state index in [2.05, 4.69) is 11.9 Å². The van der Waals surface area contributed by atoms with Crippen molar-refractivity contribution in [2.75, 3.05) is 0 Å². The summed E-state index contributed by atoms with van der Waals surface area (Å²) in [6.07, 6.45) is 1.04. The molecule has 1 aromatic carbocycles. The van der Waals surface area contributed by atoms with Gasteiger partial charge < -0.3 is 10.8 Å². The Morgan fingerprint density at radius 1 is 1.47 bits per heavy atom. The summed E-state index contributed by atoms with van der Waals surface area (Å²) >= 11 is 6.12. The summed E-state index contributed by atoms with van der Waals surface area (Å²) in [5.74, 6) is -1.04. The fourth-order valence-electron chi connectivity index (χ4n) is 2.03. The van der Waals surface area contributed by atoms with E-state index in [0.29, 0.717) is 10.7 Å². The molecular weight excluding hydrogens is 264 g/mol. The van der Waals surface area contributed by atoms with E-state index in [0.717, 1.165) is 22.9 Å². The van der Waals surface area contributed by atoms with Gasteiger partial charge in [-0.1, -0.05) is 36.7 Å². The first-order valence-corrected chi connectivity index (χ1v) is 6.46. The number of benzene rings is 1. The zero-order valence-electron chi connectivity index (χ0n) is 10.6. The number of nitrogens with zero attached hydrogens (tertiary/aromatic N) is 1. The van der Waals surface area contributed by atoms with E-state index in [4.69, 9.17) is 22.4 Å². The molecule has 0 bridgehead atoms. The van der Waals surface area contributed by atoms with Crippen LogP contribution in [0.15, 0.2) is 24.3 Å². The number of aromatic nitrogens is 1. The lowest BCUT2D eigenvalue weighted by atomic mass is 10.0. The van der Waals surface area contributed by atoms with Crippen LogP contribution < -0.4 is 5.73 Å². The molecule has 4 nitrogen and oxygen atoms in total. The Morgan fingerprint density at radius 2 is 2.21 bits per heavy atom. The van der Waals surface area contributed by atoms with Gasteiger partial charge in [0.1, 0.15) is 11.2 Å². The van der Waals surface area contributed by atoms with Crippen LogP contribution in [-0.4, -0.2) is 22.1 Å². The number of nitrogens with two attached hydrogens (primary N) is 1. The number of para-hydroxylation sites is 1. The second kappa shape index (κ2) is 5.55. The van der Waals surface area contributed by atoms with Gasteiger partial charge in [-0.15, -0.1) is 0 Å². The highest BCUT2D eigenvalue weighted by Gasteiger charge is 2.15. The van der Waals surface area contributed by atoms with Gasteiger partial charge >= 0.3 is 5.97 Å². The van der Waals surface area contributed by atoms with Crippen molar-refractivity contribution in [3.8, 4) is 0 Å². The molecule has 0 amide bonds. The summed E-state index contributed by atoms with van der Waals surface area (Å²) in [4.78, 5) is 15.2. The van der Waals surface area contributed by atoms with Crippen molar-refractivity contribution >= 4 is 28.5 Å². The average molecular weight is 279 g/mol. The number of hydrogen-bond donors (Lipinski definition) is 2. The van der Waals surface area contributed by atoms with Crippen molar-refractivity contribution in [2.45, 2.75) is 25.8 Å². The number of aryl methyl sites for hydroxylation is 1. The molecule has 1 unspecified atom stereocenters. The molecule has 1 heterocycles. The molecule has 0 radical (unpaired) electrons. The molecule has 100 valence electrons. The Balaban J connectivity index is 2.48. The average Bonchev–Trinajstić information content (AvgIpc) is 2.38. The first-order valence-electron chi connectivity index (χ1n) is 6.08. The number of pyridine rings is 1. The van der Waals surface area contributed by atoms with Crippen molar-refractivity contribution in [3.05, 3.63) is 40.5 Å². The molecule has 2 aromatic rings. The molecule has 0 spiro atoms. The molecular formula is C14H15ClN2O2. The Hall–Kier alpha value is -1.65. The molecule has 2 rings (SSSR count). The molecule has 0 aliphatic rings. The Bertz CT molecular complexity index is 628. The van der Waals surface area contributed by atoms with Crippen LogP contribution in [0.5, 0.6) is 0 Å². The fraction of sp³-hybridized carbons (Fsp3) is 0.286. The van der Waals surface area contributed by atoms with Gasteiger partial charge in [0.25, 0.3) is 0 Å². The van der Waals surface area contributed by atoms with Gasteiger partial charge in [-0.3, -0.25) is 4.79 Å². The maximum absolute atomic E-state index is 10.8. The number of carbonyl (C=O) groups is 1. The van der Waals surface area contributed by atoms with E-state index in [1.165, 1.54) is 0 Å². The number of aliphatic carboxylic acids is 1. The molecule has 1 aromatic heterocycles. The molecule has 1 atom stereocenters. The normalized spacial score (nSPS) is 12.6. The predicted octanol–water partition coefficient (Wildman–Crippen LogP) is 2.40. The highest BCUT2D eigenvalue weighted by atomic mass is 35.5. The highest BCUT2D eigenvalue weighted by molar-refractivity contribution is 6.30. The maximum atomic E-state index is 10.8. The molecule has 0 aliphatic carbocycles. The number of hydrogen-bond acceptors (Lipinski definition) is 3. The predicted molar refractivity (Wildman–Crippen MR) is 75.4 cm³/mol. The van der Waals surface area contributed by atoms with Crippen LogP contribution in [0.2, 0.25) is 5.15 Å². The molecule has 0 saturated carbocycles. The van der Waals surface area contributed by atoms with Crippen LogP contribution >= 0.6 is 11.6 Å². The minimum Gasteiger partial charge on any atom is -0.480 e. The highest BCUT2D eigenvalue weighted by Crippen LogP contribution is 2.24. The van der Waals surface area contributed by atoms with Crippen molar-refractivity contribution in [3.63, 3.8) is 0 Å². The van der Waals surface area contributed by atoms with Crippen LogP contribution in [0, 0.1) is 0 Å². The molecule has 0 aliphatic heterocycles. The van der Waals surface area contributed by atoms with Gasteiger partial charge in [-0.25, -0.2) is 4.98 Å². The largest absolute Gasteiger partial charge is 0.480 e. The number of carboxylic acids is 1. The van der Waals surface area contributed by atoms with Crippen LogP contribution in [0.4, 0.5) is 0 Å². The monoisotopic (exact) mass is 278 g/mol. The first-order chi connectivity index (χ1) is 9.02. The van der Waals surface area contributed by atoms with Gasteiger partial charge in [0.15, 0.2) is 0 Å². The van der Waals surface area contributed by atoms with Gasteiger partial charge in [0.05, 0.1) is 5.52 Å². The van der Waals surface area contributed by atoms with Gasteiger partial charge in [0, 0.05) is 11.8 Å². The number of rotatable bonds is 4. The summed E-state index contributed by atoms with van der Waals surface area (Å²) < 4.78 is 0. The lowest BCUT2D eigenvalue weighted by Gasteiger charge is -2.10. The summed E-state index contributed by atoms with van der Waals surface area (Å²) in [5.41, 5.74) is 8.18. The second-order valence-corrected chi connectivity index (χ2v) is 4.79. The molecule has 19 heavy (non-hydrogen) atoms. The van der Waals surface area contributed by atoms with E-state index in [1.807, 2.05) is 24.3 Å². The lowest BCUT2D eigenvalue weighted by molar-refractivity contribution is -0.138. The van der Waals surface area contributed by atoms with E-state index in [9.17, 15) is 4.79 Å². The summed E-state index contributed by atoms with van der Waals surface area (Å²) in [5, 5.41) is 10.1. The number of carboxylic acid groups (broad SMARTS) is 1. The number of halogens is 1. The lowest BCUT2D eigenvalue weighted by Crippen LogP contribution is -2.32. The zero-order chi connectivity index (χ0) is 14.0. The SMILES string of the molecule is CCc1cccc2cc(CC(N)C(=O)O)c(Cl)nc12. The van der Waals surface area contributed by atoms with Gasteiger partial charge in [-0.05, 0) is 23.6 Å². The maximum Gasteiger partial charge on any atom is 0.320 e. The smallest absolute Gasteiger partial charge is 0.320 e. The third-order valence-electron chi connectivity index (χ3n) is 3.09. The summed E-state index contributed by atoms with van der Waals surface area (Å²) in [7, 11) is 0. The van der Waals surface area contributed by atoms with Gasteiger partial charge in [0.2, 0.25) is 0 Å².